The first-order valence-electron chi connectivity index (χ1n) is 5.26. The van der Waals surface area contributed by atoms with E-state index in [1.165, 1.54) is 18.2 Å². The number of halogens is 3. The van der Waals surface area contributed by atoms with Crippen LogP contribution in [0.1, 0.15) is 17.2 Å². The number of benzene rings is 1. The van der Waals surface area contributed by atoms with E-state index in [4.69, 9.17) is 5.26 Å². The van der Waals surface area contributed by atoms with Gasteiger partial charge in [0.05, 0.1) is 25.3 Å². The summed E-state index contributed by atoms with van der Waals surface area (Å²) < 4.78 is 42.7. The van der Waals surface area contributed by atoms with Gasteiger partial charge in [0.1, 0.15) is 6.04 Å². The van der Waals surface area contributed by atoms with E-state index in [2.05, 4.69) is 10.1 Å². The maximum absolute atomic E-state index is 12.8. The molecule has 1 aromatic carbocycles. The zero-order valence-electron chi connectivity index (χ0n) is 9.99. The number of nitriles is 1. The zero-order chi connectivity index (χ0) is 14.5. The van der Waals surface area contributed by atoms with Crippen molar-refractivity contribution in [3.63, 3.8) is 0 Å². The number of alkyl halides is 3. The van der Waals surface area contributed by atoms with Crippen LogP contribution in [0.2, 0.25) is 0 Å². The second-order valence-corrected chi connectivity index (χ2v) is 3.60. The molecule has 102 valence electrons. The van der Waals surface area contributed by atoms with Gasteiger partial charge in [-0.25, -0.2) is 0 Å². The van der Waals surface area contributed by atoms with Gasteiger partial charge in [-0.2, -0.15) is 18.4 Å². The summed E-state index contributed by atoms with van der Waals surface area (Å²) in [5.74, 6) is -0.662. The van der Waals surface area contributed by atoms with Crippen LogP contribution >= 0.6 is 0 Å². The minimum Gasteiger partial charge on any atom is -0.468 e. The number of carbonyl (C=O) groups is 1. The second-order valence-electron chi connectivity index (χ2n) is 3.60. The minimum absolute atomic E-state index is 0.221. The standard InChI is InChI=1S/C12H11F3N2O2/c1-19-11(18)7-17-10(6-16)8-4-2-3-5-9(8)12(13,14)15/h2-5,10,17H,7H2,1H3. The number of hydrogen-bond acceptors (Lipinski definition) is 4. The monoisotopic (exact) mass is 272 g/mol. The Morgan fingerprint density at radius 2 is 2.11 bits per heavy atom. The molecule has 1 aromatic rings. The van der Waals surface area contributed by atoms with Crippen molar-refractivity contribution in [2.45, 2.75) is 12.2 Å². The van der Waals surface area contributed by atoms with Gasteiger partial charge in [0.15, 0.2) is 0 Å². The molecule has 0 bridgehead atoms. The van der Waals surface area contributed by atoms with Gasteiger partial charge in [0.2, 0.25) is 0 Å². The van der Waals surface area contributed by atoms with Gasteiger partial charge in [-0.15, -0.1) is 0 Å². The summed E-state index contributed by atoms with van der Waals surface area (Å²) >= 11 is 0. The highest BCUT2D eigenvalue weighted by atomic mass is 19.4. The zero-order valence-corrected chi connectivity index (χ0v) is 9.99. The first-order chi connectivity index (χ1) is 8.90. The molecule has 7 heteroatoms. The lowest BCUT2D eigenvalue weighted by atomic mass is 10.0. The third-order valence-corrected chi connectivity index (χ3v) is 2.38. The van der Waals surface area contributed by atoms with Crippen molar-refractivity contribution in [1.82, 2.24) is 5.32 Å². The molecule has 0 saturated heterocycles. The number of ether oxygens (including phenoxy) is 1. The van der Waals surface area contributed by atoms with Crippen LogP contribution in [-0.4, -0.2) is 19.6 Å². The fourth-order valence-electron chi connectivity index (χ4n) is 1.49. The van der Waals surface area contributed by atoms with Gasteiger partial charge >= 0.3 is 12.1 Å². The van der Waals surface area contributed by atoms with E-state index in [0.717, 1.165) is 13.2 Å². The number of nitrogens with zero attached hydrogens (tertiary/aromatic N) is 1. The Morgan fingerprint density at radius 1 is 1.47 bits per heavy atom. The number of rotatable bonds is 4. The lowest BCUT2D eigenvalue weighted by Gasteiger charge is -2.17. The highest BCUT2D eigenvalue weighted by Crippen LogP contribution is 2.34. The van der Waals surface area contributed by atoms with Gasteiger partial charge < -0.3 is 4.74 Å². The van der Waals surface area contributed by atoms with Crippen LogP contribution in [0, 0.1) is 11.3 Å². The molecule has 0 heterocycles. The average Bonchev–Trinajstić information content (AvgIpc) is 2.38. The van der Waals surface area contributed by atoms with Crippen molar-refractivity contribution in [3.05, 3.63) is 35.4 Å². The van der Waals surface area contributed by atoms with Crippen LogP contribution in [0.25, 0.3) is 0 Å². The number of carbonyl (C=O) groups excluding carboxylic acids is 1. The summed E-state index contributed by atoms with van der Waals surface area (Å²) in [7, 11) is 1.15. The van der Waals surface area contributed by atoms with E-state index < -0.39 is 23.8 Å². The normalized spacial score (nSPS) is 12.6. The maximum atomic E-state index is 12.8. The van der Waals surface area contributed by atoms with Crippen LogP contribution in [0.5, 0.6) is 0 Å². The molecule has 0 saturated carbocycles. The molecule has 0 fully saturated rings. The molecule has 0 amide bonds. The second kappa shape index (κ2) is 6.20. The maximum Gasteiger partial charge on any atom is 0.416 e. The van der Waals surface area contributed by atoms with Gasteiger partial charge in [0, 0.05) is 0 Å². The van der Waals surface area contributed by atoms with Crippen molar-refractivity contribution in [2.24, 2.45) is 0 Å². The van der Waals surface area contributed by atoms with Crippen molar-refractivity contribution < 1.29 is 22.7 Å². The molecule has 0 aromatic heterocycles. The number of hydrogen-bond donors (Lipinski definition) is 1. The molecule has 0 aliphatic heterocycles. The average molecular weight is 272 g/mol. The van der Waals surface area contributed by atoms with Crippen molar-refractivity contribution in [3.8, 4) is 6.07 Å². The Balaban J connectivity index is 3.00. The van der Waals surface area contributed by atoms with Crippen LogP contribution in [-0.2, 0) is 15.7 Å². The molecule has 1 atom stereocenters. The van der Waals surface area contributed by atoms with E-state index in [1.807, 2.05) is 0 Å². The molecule has 1 rings (SSSR count). The third kappa shape index (κ3) is 3.96. The molecule has 1 N–H and O–H groups in total. The summed E-state index contributed by atoms with van der Waals surface area (Å²) in [5.41, 5.74) is -1.12. The summed E-state index contributed by atoms with van der Waals surface area (Å²) in [6, 6.07) is 5.17. The predicted octanol–water partition coefficient (Wildman–Crippen LogP) is 2.03. The van der Waals surface area contributed by atoms with Gasteiger partial charge in [0.25, 0.3) is 0 Å². The number of methoxy groups -OCH3 is 1. The van der Waals surface area contributed by atoms with Crippen LogP contribution in [0.15, 0.2) is 24.3 Å². The highest BCUT2D eigenvalue weighted by molar-refractivity contribution is 5.71. The molecule has 19 heavy (non-hydrogen) atoms. The number of nitrogens with one attached hydrogen (secondary N) is 1. The smallest absolute Gasteiger partial charge is 0.416 e. The summed E-state index contributed by atoms with van der Waals surface area (Å²) in [4.78, 5) is 10.9. The fraction of sp³-hybridized carbons (Fsp3) is 0.333. The van der Waals surface area contributed by atoms with Crippen molar-refractivity contribution in [1.29, 1.82) is 5.26 Å². The van der Waals surface area contributed by atoms with Crippen LogP contribution in [0.4, 0.5) is 13.2 Å². The fourth-order valence-corrected chi connectivity index (χ4v) is 1.49. The Hall–Kier alpha value is -2.07. The van der Waals surface area contributed by atoms with E-state index in [-0.39, 0.29) is 12.1 Å². The molecule has 0 aliphatic carbocycles. The van der Waals surface area contributed by atoms with E-state index in [9.17, 15) is 18.0 Å². The van der Waals surface area contributed by atoms with Crippen LogP contribution < -0.4 is 5.32 Å². The topological polar surface area (TPSA) is 62.1 Å². The Bertz CT molecular complexity index is 494. The van der Waals surface area contributed by atoms with E-state index in [0.29, 0.717) is 0 Å². The van der Waals surface area contributed by atoms with Crippen molar-refractivity contribution >= 4 is 5.97 Å². The van der Waals surface area contributed by atoms with Crippen molar-refractivity contribution in [2.75, 3.05) is 13.7 Å². The largest absolute Gasteiger partial charge is 0.468 e. The highest BCUT2D eigenvalue weighted by Gasteiger charge is 2.35. The molecule has 0 spiro atoms. The lowest BCUT2D eigenvalue weighted by Crippen LogP contribution is -2.29. The number of esters is 1. The Labute approximate surface area is 107 Å². The van der Waals surface area contributed by atoms with E-state index >= 15 is 0 Å². The van der Waals surface area contributed by atoms with Gasteiger partial charge in [-0.1, -0.05) is 18.2 Å². The summed E-state index contributed by atoms with van der Waals surface area (Å²) in [5, 5.41) is 11.3. The Kier molecular flexibility index (Phi) is 4.89. The molecular weight excluding hydrogens is 261 g/mol. The third-order valence-electron chi connectivity index (χ3n) is 2.38. The van der Waals surface area contributed by atoms with Gasteiger partial charge in [-0.05, 0) is 11.6 Å². The molecule has 0 radical (unpaired) electrons. The first-order valence-corrected chi connectivity index (χ1v) is 5.26. The Morgan fingerprint density at radius 3 is 2.63 bits per heavy atom. The summed E-state index contributed by atoms with van der Waals surface area (Å²) in [6.07, 6.45) is -4.56. The summed E-state index contributed by atoms with van der Waals surface area (Å²) in [6.45, 7) is -0.346. The SMILES string of the molecule is COC(=O)CNC(C#N)c1ccccc1C(F)(F)F. The predicted molar refractivity (Wildman–Crippen MR) is 59.8 cm³/mol. The molecular formula is C12H11F3N2O2. The van der Waals surface area contributed by atoms with Gasteiger partial charge in [-0.3, -0.25) is 10.1 Å². The van der Waals surface area contributed by atoms with Crippen LogP contribution in [0.3, 0.4) is 0 Å². The quantitative estimate of drug-likeness (QED) is 0.852. The molecule has 0 aliphatic rings. The van der Waals surface area contributed by atoms with E-state index in [1.54, 1.807) is 6.07 Å². The lowest BCUT2D eigenvalue weighted by molar-refractivity contribution is -0.139. The molecule has 4 nitrogen and oxygen atoms in total. The minimum atomic E-state index is -4.56. The first kappa shape index (κ1) is 15.0. The molecule has 1 unspecified atom stereocenters.